The van der Waals surface area contributed by atoms with Gasteiger partial charge in [0.1, 0.15) is 29.7 Å². The number of esters is 1. The third-order valence-electron chi connectivity index (χ3n) is 6.82. The van der Waals surface area contributed by atoms with E-state index in [1.54, 1.807) is 36.4 Å². The number of benzene rings is 4. The summed E-state index contributed by atoms with van der Waals surface area (Å²) in [5.74, 6) is 2.24. The summed E-state index contributed by atoms with van der Waals surface area (Å²) in [6, 6.07) is 32.7. The van der Waals surface area contributed by atoms with Gasteiger partial charge in [-0.1, -0.05) is 47.6 Å². The molecule has 0 aliphatic heterocycles. The van der Waals surface area contributed by atoms with Crippen molar-refractivity contribution in [1.82, 2.24) is 14.7 Å². The van der Waals surface area contributed by atoms with Crippen molar-refractivity contribution in [3.8, 4) is 22.9 Å². The van der Waals surface area contributed by atoms with Crippen LogP contribution in [0.3, 0.4) is 0 Å². The number of ether oxygens (including phenoxy) is 2. The molecular weight excluding hydrogens is 502 g/mol. The Hall–Kier alpha value is -5.17. The zero-order valence-electron chi connectivity index (χ0n) is 22.2. The number of nitrogens with zero attached hydrogens (tertiary/aromatic N) is 3. The maximum absolute atomic E-state index is 12.8. The van der Waals surface area contributed by atoms with Crippen molar-refractivity contribution in [3.05, 3.63) is 131 Å². The summed E-state index contributed by atoms with van der Waals surface area (Å²) >= 11 is 0. The van der Waals surface area contributed by atoms with Gasteiger partial charge < -0.3 is 18.6 Å². The second kappa shape index (κ2) is 10.9. The maximum atomic E-state index is 12.8. The lowest BCUT2D eigenvalue weighted by Gasteiger charge is -2.11. The fourth-order valence-corrected chi connectivity index (χ4v) is 4.61. The van der Waals surface area contributed by atoms with Crippen molar-refractivity contribution >= 4 is 17.0 Å². The Morgan fingerprint density at radius 1 is 0.825 bits per heavy atom. The number of hydrogen-bond donors (Lipinski definition) is 0. The van der Waals surface area contributed by atoms with Crippen LogP contribution in [0.1, 0.15) is 32.9 Å². The van der Waals surface area contributed by atoms with Gasteiger partial charge in [0.15, 0.2) is 0 Å². The molecule has 0 fully saturated rings. The lowest BCUT2D eigenvalue weighted by Crippen LogP contribution is -2.08. The number of carbonyl (C=O) groups excluding carboxylic acids is 1. The molecule has 2 aromatic heterocycles. The average Bonchev–Trinajstić information content (AvgIpc) is 3.51. The Balaban J connectivity index is 1.15. The third-order valence-corrected chi connectivity index (χ3v) is 6.82. The van der Waals surface area contributed by atoms with Gasteiger partial charge in [0.2, 0.25) is 0 Å². The van der Waals surface area contributed by atoms with E-state index in [0.717, 1.165) is 39.4 Å². The van der Waals surface area contributed by atoms with Gasteiger partial charge in [-0.2, -0.15) is 0 Å². The Morgan fingerprint density at radius 3 is 2.25 bits per heavy atom. The molecule has 0 radical (unpaired) electrons. The molecule has 2 heterocycles. The predicted molar refractivity (Wildman–Crippen MR) is 152 cm³/mol. The van der Waals surface area contributed by atoms with E-state index in [2.05, 4.69) is 27.9 Å². The molecule has 4 aromatic carbocycles. The molecule has 0 N–H and O–H groups in total. The number of hydrogen-bond acceptors (Lipinski definition) is 6. The molecule has 0 saturated heterocycles. The van der Waals surface area contributed by atoms with Crippen LogP contribution in [0.15, 0.2) is 108 Å². The van der Waals surface area contributed by atoms with E-state index < -0.39 is 5.97 Å². The van der Waals surface area contributed by atoms with Crippen LogP contribution in [-0.2, 0) is 13.2 Å². The van der Waals surface area contributed by atoms with Crippen LogP contribution in [0, 0.1) is 13.8 Å². The van der Waals surface area contributed by atoms with Gasteiger partial charge in [0, 0.05) is 12.1 Å². The molecule has 198 valence electrons. The first-order valence-electron chi connectivity index (χ1n) is 13.0. The molecule has 0 aliphatic rings. The van der Waals surface area contributed by atoms with Gasteiger partial charge in [0.25, 0.3) is 0 Å². The maximum Gasteiger partial charge on any atom is 0.343 e. The highest BCUT2D eigenvalue weighted by molar-refractivity contribution is 5.91. The summed E-state index contributed by atoms with van der Waals surface area (Å²) in [4.78, 5) is 17.7. The molecule has 0 atom stereocenters. The molecule has 6 aromatic rings. The Bertz CT molecular complexity index is 1750. The minimum absolute atomic E-state index is 0.344. The number of imidazole rings is 1. The first kappa shape index (κ1) is 25.1. The van der Waals surface area contributed by atoms with Gasteiger partial charge in [-0.3, -0.25) is 0 Å². The molecular formula is C33H27N3O4. The van der Waals surface area contributed by atoms with E-state index in [-0.39, 0.29) is 0 Å². The highest BCUT2D eigenvalue weighted by atomic mass is 16.5. The van der Waals surface area contributed by atoms with Crippen LogP contribution in [0.25, 0.3) is 22.4 Å². The molecule has 0 aliphatic carbocycles. The second-order valence-corrected chi connectivity index (χ2v) is 9.53. The molecule has 6 rings (SSSR count). The number of aryl methyl sites for hydroxylation is 2. The molecule has 7 nitrogen and oxygen atoms in total. The number of aromatic nitrogens is 3. The number of carbonyl (C=O) groups is 1. The zero-order chi connectivity index (χ0) is 27.5. The lowest BCUT2D eigenvalue weighted by molar-refractivity contribution is 0.0734. The smallest absolute Gasteiger partial charge is 0.343 e. The number of rotatable bonds is 8. The third kappa shape index (κ3) is 5.22. The Labute approximate surface area is 231 Å². The monoisotopic (exact) mass is 529 g/mol. The molecule has 7 heteroatoms. The van der Waals surface area contributed by atoms with Gasteiger partial charge in [-0.05, 0) is 80.1 Å². The van der Waals surface area contributed by atoms with Crippen LogP contribution < -0.4 is 9.47 Å². The van der Waals surface area contributed by atoms with Gasteiger partial charge in [0.05, 0.1) is 27.9 Å². The molecule has 0 unspecified atom stereocenters. The van der Waals surface area contributed by atoms with E-state index in [1.807, 2.05) is 62.4 Å². The minimum Gasteiger partial charge on any atom is -0.489 e. The van der Waals surface area contributed by atoms with Crippen molar-refractivity contribution in [1.29, 1.82) is 0 Å². The summed E-state index contributed by atoms with van der Waals surface area (Å²) in [5, 5.41) is 3.94. The van der Waals surface area contributed by atoms with Crippen LogP contribution in [0.5, 0.6) is 11.5 Å². The van der Waals surface area contributed by atoms with E-state index in [1.165, 1.54) is 5.56 Å². The normalized spacial score (nSPS) is 11.1. The number of para-hydroxylation sites is 2. The van der Waals surface area contributed by atoms with Crippen LogP contribution in [0.2, 0.25) is 0 Å². The summed E-state index contributed by atoms with van der Waals surface area (Å²) in [7, 11) is 0. The largest absolute Gasteiger partial charge is 0.489 e. The molecule has 0 amide bonds. The predicted octanol–water partition coefficient (Wildman–Crippen LogP) is 7.15. The summed E-state index contributed by atoms with van der Waals surface area (Å²) < 4.78 is 18.8. The first-order chi connectivity index (χ1) is 19.5. The molecule has 40 heavy (non-hydrogen) atoms. The topological polar surface area (TPSA) is 79.4 Å². The summed E-state index contributed by atoms with van der Waals surface area (Å²) in [6.07, 6.45) is 0. The highest BCUT2D eigenvalue weighted by Crippen LogP contribution is 2.28. The second-order valence-electron chi connectivity index (χ2n) is 9.53. The Kier molecular flexibility index (Phi) is 6.85. The van der Waals surface area contributed by atoms with Gasteiger partial charge >= 0.3 is 5.97 Å². The fraction of sp³-hybridized carbons (Fsp3) is 0.121. The van der Waals surface area contributed by atoms with Gasteiger partial charge in [-0.15, -0.1) is 0 Å². The summed E-state index contributed by atoms with van der Waals surface area (Å²) in [5.41, 5.74) is 6.28. The van der Waals surface area contributed by atoms with Crippen LogP contribution in [-0.4, -0.2) is 20.7 Å². The van der Waals surface area contributed by atoms with E-state index >= 15 is 0 Å². The number of fused-ring (bicyclic) bond motifs is 1. The van der Waals surface area contributed by atoms with Crippen molar-refractivity contribution < 1.29 is 18.8 Å². The van der Waals surface area contributed by atoms with Crippen LogP contribution in [0.4, 0.5) is 0 Å². The summed E-state index contributed by atoms with van der Waals surface area (Å²) in [6.45, 7) is 4.77. The SMILES string of the molecule is Cc1noc(C)c1COc1ccc(C(=O)Oc2ccc(-c3nc4ccccc4n3Cc3ccccc3)cc2)cc1. The van der Waals surface area contributed by atoms with Crippen molar-refractivity contribution in [3.63, 3.8) is 0 Å². The van der Waals surface area contributed by atoms with E-state index in [4.69, 9.17) is 19.0 Å². The first-order valence-corrected chi connectivity index (χ1v) is 13.0. The lowest BCUT2D eigenvalue weighted by atomic mass is 10.2. The fourth-order valence-electron chi connectivity index (χ4n) is 4.61. The van der Waals surface area contributed by atoms with E-state index in [9.17, 15) is 4.79 Å². The zero-order valence-corrected chi connectivity index (χ0v) is 22.2. The minimum atomic E-state index is -0.443. The Morgan fingerprint density at radius 2 is 1.52 bits per heavy atom. The molecule has 0 saturated carbocycles. The van der Waals surface area contributed by atoms with E-state index in [0.29, 0.717) is 30.2 Å². The van der Waals surface area contributed by atoms with Crippen LogP contribution >= 0.6 is 0 Å². The highest BCUT2D eigenvalue weighted by Gasteiger charge is 2.15. The average molecular weight is 530 g/mol. The molecule has 0 bridgehead atoms. The van der Waals surface area contributed by atoms with Crippen molar-refractivity contribution in [2.24, 2.45) is 0 Å². The molecule has 0 spiro atoms. The van der Waals surface area contributed by atoms with Crippen molar-refractivity contribution in [2.45, 2.75) is 27.0 Å². The quantitative estimate of drug-likeness (QED) is 0.154. The van der Waals surface area contributed by atoms with Gasteiger partial charge in [-0.25, -0.2) is 9.78 Å². The standard InChI is InChI=1S/C33H27N3O4/c1-22-29(23(2)40-35-22)21-38-27-16-14-26(15-17-27)33(37)39-28-18-12-25(13-19-28)32-34-30-10-6-7-11-31(30)36(32)20-24-8-4-3-5-9-24/h3-19H,20-21H2,1-2H3. The van der Waals surface area contributed by atoms with Crippen molar-refractivity contribution in [2.75, 3.05) is 0 Å².